The maximum absolute atomic E-state index is 5.73. The van der Waals surface area contributed by atoms with Gasteiger partial charge in [-0.2, -0.15) is 0 Å². The minimum absolute atomic E-state index is 0.293. The van der Waals surface area contributed by atoms with Gasteiger partial charge in [-0.1, -0.05) is 30.3 Å². The maximum Gasteiger partial charge on any atom is 0.112 e. The summed E-state index contributed by atoms with van der Waals surface area (Å²) >= 11 is 0. The Hall–Kier alpha value is -0.820. The Kier molecular flexibility index (Phi) is 1.17. The highest BCUT2D eigenvalue weighted by Crippen LogP contribution is 2.60. The Bertz CT molecular complexity index is 287. The molecule has 0 radical (unpaired) electrons. The van der Waals surface area contributed by atoms with Crippen LogP contribution in [0, 0.1) is 0 Å². The molecular weight excluding hydrogens is 148 g/mol. The van der Waals surface area contributed by atoms with Gasteiger partial charge in [0.1, 0.15) is 6.10 Å². The lowest BCUT2D eigenvalue weighted by Crippen LogP contribution is -2.21. The molecule has 0 unspecified atom stereocenters. The normalized spacial score (nSPS) is 29.8. The summed E-state index contributed by atoms with van der Waals surface area (Å²) < 4.78 is 5.73. The Morgan fingerprint density at radius 1 is 1.17 bits per heavy atom. The van der Waals surface area contributed by atoms with Crippen molar-refractivity contribution >= 4 is 0 Å². The number of hydrogen-bond acceptors (Lipinski definition) is 1. The average Bonchev–Trinajstić information content (AvgIpc) is 2.80. The third-order valence-electron chi connectivity index (χ3n) is 3.08. The molecule has 1 saturated carbocycles. The molecule has 0 aromatic heterocycles. The van der Waals surface area contributed by atoms with E-state index in [4.69, 9.17) is 4.74 Å². The number of rotatable bonds is 1. The summed E-state index contributed by atoms with van der Waals surface area (Å²) in [6, 6.07) is 10.6. The van der Waals surface area contributed by atoms with Crippen molar-refractivity contribution in [2.75, 3.05) is 0 Å². The standard InChI is InChI=1S/C11H12O/c1-2-5-9(6-3-1)10-11(12-10)7-4-8-11/h1-3,5-6,10H,4,7-8H2/t10-/m1/s1. The first-order chi connectivity index (χ1) is 5.91. The lowest BCUT2D eigenvalue weighted by atomic mass is 9.80. The van der Waals surface area contributed by atoms with Crippen LogP contribution in [0.1, 0.15) is 30.9 Å². The molecular formula is C11H12O. The summed E-state index contributed by atoms with van der Waals surface area (Å²) in [6.45, 7) is 0. The van der Waals surface area contributed by atoms with Crippen LogP contribution in [0.2, 0.25) is 0 Å². The highest BCUT2D eigenvalue weighted by atomic mass is 16.6. The molecule has 1 aliphatic carbocycles. The van der Waals surface area contributed by atoms with Gasteiger partial charge in [-0.3, -0.25) is 0 Å². The van der Waals surface area contributed by atoms with Crippen molar-refractivity contribution in [1.82, 2.24) is 0 Å². The van der Waals surface area contributed by atoms with E-state index in [9.17, 15) is 0 Å². The van der Waals surface area contributed by atoms with Crippen molar-refractivity contribution in [2.45, 2.75) is 31.0 Å². The Morgan fingerprint density at radius 3 is 2.42 bits per heavy atom. The Labute approximate surface area is 72.4 Å². The van der Waals surface area contributed by atoms with E-state index >= 15 is 0 Å². The minimum Gasteiger partial charge on any atom is -0.361 e. The molecule has 1 saturated heterocycles. The Balaban J connectivity index is 1.85. The van der Waals surface area contributed by atoms with Crippen LogP contribution in [0.4, 0.5) is 0 Å². The number of benzene rings is 1. The van der Waals surface area contributed by atoms with Gasteiger partial charge in [0.15, 0.2) is 0 Å². The van der Waals surface area contributed by atoms with Gasteiger partial charge in [-0.25, -0.2) is 0 Å². The molecule has 12 heavy (non-hydrogen) atoms. The number of epoxide rings is 1. The topological polar surface area (TPSA) is 12.5 Å². The first-order valence-electron chi connectivity index (χ1n) is 4.63. The predicted octanol–water partition coefficient (Wildman–Crippen LogP) is 2.68. The van der Waals surface area contributed by atoms with Gasteiger partial charge in [0.25, 0.3) is 0 Å². The van der Waals surface area contributed by atoms with Gasteiger partial charge in [0.2, 0.25) is 0 Å². The van der Waals surface area contributed by atoms with Crippen molar-refractivity contribution in [3.8, 4) is 0 Å². The van der Waals surface area contributed by atoms with Crippen molar-refractivity contribution in [1.29, 1.82) is 0 Å². The van der Waals surface area contributed by atoms with E-state index in [-0.39, 0.29) is 0 Å². The summed E-state index contributed by atoms with van der Waals surface area (Å²) in [5.41, 5.74) is 1.65. The molecule has 0 amide bonds. The fraction of sp³-hybridized carbons (Fsp3) is 0.455. The van der Waals surface area contributed by atoms with Crippen LogP contribution in [0.25, 0.3) is 0 Å². The molecule has 1 aromatic rings. The highest BCUT2D eigenvalue weighted by Gasteiger charge is 2.60. The zero-order valence-electron chi connectivity index (χ0n) is 6.99. The SMILES string of the molecule is c1ccc([C@H]2OC23CCC3)cc1. The fourth-order valence-corrected chi connectivity index (χ4v) is 2.11. The lowest BCUT2D eigenvalue weighted by molar-refractivity contribution is 0.198. The molecule has 62 valence electrons. The zero-order valence-corrected chi connectivity index (χ0v) is 6.99. The van der Waals surface area contributed by atoms with Gasteiger partial charge in [0, 0.05) is 0 Å². The first-order valence-corrected chi connectivity index (χ1v) is 4.63. The molecule has 1 aliphatic heterocycles. The van der Waals surface area contributed by atoms with E-state index in [1.54, 1.807) is 0 Å². The molecule has 0 N–H and O–H groups in total. The fourth-order valence-electron chi connectivity index (χ4n) is 2.11. The van der Waals surface area contributed by atoms with E-state index in [1.165, 1.54) is 24.8 Å². The third kappa shape index (κ3) is 0.774. The summed E-state index contributed by atoms with van der Waals surface area (Å²) in [4.78, 5) is 0. The number of ether oxygens (including phenoxy) is 1. The molecule has 1 nitrogen and oxygen atoms in total. The van der Waals surface area contributed by atoms with Crippen LogP contribution >= 0.6 is 0 Å². The van der Waals surface area contributed by atoms with Gasteiger partial charge in [-0.05, 0) is 24.8 Å². The van der Waals surface area contributed by atoms with E-state index in [0.29, 0.717) is 11.7 Å². The molecule has 2 aliphatic rings. The zero-order chi connectivity index (χ0) is 8.02. The summed E-state index contributed by atoms with van der Waals surface area (Å²) in [7, 11) is 0. The smallest absolute Gasteiger partial charge is 0.112 e. The number of hydrogen-bond donors (Lipinski definition) is 0. The van der Waals surface area contributed by atoms with Crippen LogP contribution in [0.15, 0.2) is 30.3 Å². The van der Waals surface area contributed by atoms with E-state index in [0.717, 1.165) is 0 Å². The summed E-state index contributed by atoms with van der Waals surface area (Å²) in [5, 5.41) is 0. The van der Waals surface area contributed by atoms with E-state index in [2.05, 4.69) is 30.3 Å². The first kappa shape index (κ1) is 6.67. The minimum atomic E-state index is 0.293. The van der Waals surface area contributed by atoms with Crippen LogP contribution in [0.3, 0.4) is 0 Å². The predicted molar refractivity (Wildman–Crippen MR) is 46.9 cm³/mol. The molecule has 2 fully saturated rings. The van der Waals surface area contributed by atoms with Crippen LogP contribution in [-0.4, -0.2) is 5.60 Å². The van der Waals surface area contributed by atoms with Crippen molar-refractivity contribution in [3.05, 3.63) is 35.9 Å². The molecule has 1 heterocycles. The molecule has 1 atom stereocenters. The lowest BCUT2D eigenvalue weighted by Gasteiger charge is -2.21. The van der Waals surface area contributed by atoms with Gasteiger partial charge in [0.05, 0.1) is 5.60 Å². The largest absolute Gasteiger partial charge is 0.361 e. The van der Waals surface area contributed by atoms with Gasteiger partial charge in [-0.15, -0.1) is 0 Å². The monoisotopic (exact) mass is 160 g/mol. The van der Waals surface area contributed by atoms with Crippen LogP contribution in [0.5, 0.6) is 0 Å². The molecule has 1 spiro atoms. The van der Waals surface area contributed by atoms with Gasteiger partial charge >= 0.3 is 0 Å². The second-order valence-electron chi connectivity index (χ2n) is 3.83. The van der Waals surface area contributed by atoms with E-state index in [1.807, 2.05) is 0 Å². The molecule has 0 bridgehead atoms. The van der Waals surface area contributed by atoms with Crippen molar-refractivity contribution in [3.63, 3.8) is 0 Å². The molecule has 1 aromatic carbocycles. The second kappa shape index (κ2) is 2.11. The van der Waals surface area contributed by atoms with Crippen LogP contribution in [-0.2, 0) is 4.74 Å². The Morgan fingerprint density at radius 2 is 1.92 bits per heavy atom. The summed E-state index contributed by atoms with van der Waals surface area (Å²) in [6.07, 6.45) is 4.31. The highest BCUT2D eigenvalue weighted by molar-refractivity contribution is 5.27. The third-order valence-corrected chi connectivity index (χ3v) is 3.08. The quantitative estimate of drug-likeness (QED) is 0.575. The second-order valence-corrected chi connectivity index (χ2v) is 3.83. The molecule has 3 rings (SSSR count). The summed E-state index contributed by atoms with van der Waals surface area (Å²) in [5.74, 6) is 0. The maximum atomic E-state index is 5.73. The van der Waals surface area contributed by atoms with Gasteiger partial charge < -0.3 is 4.74 Å². The van der Waals surface area contributed by atoms with Crippen molar-refractivity contribution in [2.24, 2.45) is 0 Å². The van der Waals surface area contributed by atoms with E-state index < -0.39 is 0 Å². The van der Waals surface area contributed by atoms with Crippen molar-refractivity contribution < 1.29 is 4.74 Å². The average molecular weight is 160 g/mol. The molecule has 1 heteroatoms. The van der Waals surface area contributed by atoms with Crippen LogP contribution < -0.4 is 0 Å².